The molecule has 0 bridgehead atoms. The fourth-order valence-electron chi connectivity index (χ4n) is 3.67. The molecule has 150 valence electrons. The van der Waals surface area contributed by atoms with Gasteiger partial charge in [-0.1, -0.05) is 6.07 Å². The molecule has 29 heavy (non-hydrogen) atoms. The second-order valence-corrected chi connectivity index (χ2v) is 7.95. The number of fused-ring (bicyclic) bond motifs is 2. The van der Waals surface area contributed by atoms with Gasteiger partial charge in [-0.15, -0.1) is 0 Å². The fraction of sp³-hybridized carbons (Fsp3) is 0.409. The Bertz CT molecular complexity index is 1090. The molecule has 3 aromatic rings. The molecule has 1 aliphatic heterocycles. The van der Waals surface area contributed by atoms with Gasteiger partial charge in [0.15, 0.2) is 17.1 Å². The van der Waals surface area contributed by atoms with Gasteiger partial charge in [-0.25, -0.2) is 9.67 Å². The molecule has 1 N–H and O–H groups in total. The number of nitrogens with one attached hydrogen (secondary N) is 1. The summed E-state index contributed by atoms with van der Waals surface area (Å²) in [5.41, 5.74) is 3.38. The highest BCUT2D eigenvalue weighted by atomic mass is 16.6. The van der Waals surface area contributed by atoms with Crippen LogP contribution in [0.3, 0.4) is 0 Å². The second-order valence-electron chi connectivity index (χ2n) is 7.95. The van der Waals surface area contributed by atoms with E-state index in [1.807, 2.05) is 28.9 Å². The van der Waals surface area contributed by atoms with Crippen LogP contribution in [0.5, 0.6) is 11.5 Å². The Kier molecular flexibility index (Phi) is 4.38. The van der Waals surface area contributed by atoms with Gasteiger partial charge in [0, 0.05) is 24.2 Å². The molecule has 3 heterocycles. The number of carbonyl (C=O) groups is 1. The Morgan fingerprint density at radius 2 is 2.00 bits per heavy atom. The van der Waals surface area contributed by atoms with Crippen LogP contribution in [-0.2, 0) is 6.54 Å². The van der Waals surface area contributed by atoms with Crippen LogP contribution in [0.4, 0.5) is 0 Å². The zero-order chi connectivity index (χ0) is 20.0. The number of benzene rings is 1. The van der Waals surface area contributed by atoms with Crippen molar-refractivity contribution in [1.82, 2.24) is 20.1 Å². The van der Waals surface area contributed by atoms with Crippen LogP contribution >= 0.6 is 0 Å². The predicted octanol–water partition coefficient (Wildman–Crippen LogP) is 3.59. The van der Waals surface area contributed by atoms with Gasteiger partial charge in [0.05, 0.1) is 17.1 Å². The molecule has 0 atom stereocenters. The summed E-state index contributed by atoms with van der Waals surface area (Å²) in [5, 5.41) is 8.30. The van der Waals surface area contributed by atoms with Gasteiger partial charge in [-0.2, -0.15) is 5.10 Å². The lowest BCUT2D eigenvalue weighted by Crippen LogP contribution is -2.23. The summed E-state index contributed by atoms with van der Waals surface area (Å²) in [6.45, 7) is 5.66. The van der Waals surface area contributed by atoms with Crippen LogP contribution in [0.1, 0.15) is 60.3 Å². The summed E-state index contributed by atoms with van der Waals surface area (Å²) in [5.74, 6) is 1.82. The maximum absolute atomic E-state index is 13.1. The molecule has 0 unspecified atom stereocenters. The monoisotopic (exact) mass is 392 g/mol. The summed E-state index contributed by atoms with van der Waals surface area (Å²) in [6.07, 6.45) is 4.01. The molecule has 1 amide bonds. The fourth-order valence-corrected chi connectivity index (χ4v) is 3.67. The van der Waals surface area contributed by atoms with Crippen molar-refractivity contribution in [2.45, 2.75) is 45.2 Å². The zero-order valence-electron chi connectivity index (χ0n) is 16.6. The second kappa shape index (κ2) is 7.06. The zero-order valence-corrected chi connectivity index (χ0v) is 16.6. The maximum Gasteiger partial charge on any atom is 0.252 e. The number of nitrogens with zero attached hydrogens (tertiary/aromatic N) is 3. The van der Waals surface area contributed by atoms with E-state index in [9.17, 15) is 4.79 Å². The normalized spacial score (nSPS) is 15.7. The van der Waals surface area contributed by atoms with Crippen molar-refractivity contribution < 1.29 is 14.3 Å². The first-order valence-electron chi connectivity index (χ1n) is 10.1. The van der Waals surface area contributed by atoms with Crippen molar-refractivity contribution >= 4 is 16.9 Å². The highest BCUT2D eigenvalue weighted by Crippen LogP contribution is 2.40. The van der Waals surface area contributed by atoms with Gasteiger partial charge in [0.25, 0.3) is 5.91 Å². The van der Waals surface area contributed by atoms with Crippen LogP contribution in [0, 0.1) is 0 Å². The minimum absolute atomic E-state index is 0.113. The molecular formula is C22H24N4O3. The number of hydrogen-bond acceptors (Lipinski definition) is 5. The summed E-state index contributed by atoms with van der Waals surface area (Å²) >= 11 is 0. The van der Waals surface area contributed by atoms with Crippen LogP contribution < -0.4 is 14.8 Å². The van der Waals surface area contributed by atoms with Gasteiger partial charge in [-0.05, 0) is 50.5 Å². The van der Waals surface area contributed by atoms with Gasteiger partial charge >= 0.3 is 0 Å². The lowest BCUT2D eigenvalue weighted by Gasteiger charge is -2.19. The van der Waals surface area contributed by atoms with Crippen LogP contribution in [-0.4, -0.2) is 33.9 Å². The Morgan fingerprint density at radius 1 is 1.21 bits per heavy atom. The molecule has 7 heteroatoms. The predicted molar refractivity (Wildman–Crippen MR) is 108 cm³/mol. The molecule has 5 rings (SSSR count). The van der Waals surface area contributed by atoms with Crippen molar-refractivity contribution in [3.8, 4) is 11.5 Å². The average molecular weight is 392 g/mol. The number of carbonyl (C=O) groups excluding carboxylic acids is 1. The number of ether oxygens (including phenoxy) is 2. The summed E-state index contributed by atoms with van der Waals surface area (Å²) < 4.78 is 13.1. The molecular weight excluding hydrogens is 368 g/mol. The molecule has 1 aliphatic carbocycles. The van der Waals surface area contributed by atoms with E-state index in [0.29, 0.717) is 31.2 Å². The minimum atomic E-state index is -0.113. The first-order valence-corrected chi connectivity index (χ1v) is 10.1. The van der Waals surface area contributed by atoms with Crippen molar-refractivity contribution in [2.75, 3.05) is 13.2 Å². The molecule has 7 nitrogen and oxygen atoms in total. The highest BCUT2D eigenvalue weighted by molar-refractivity contribution is 6.05. The smallest absolute Gasteiger partial charge is 0.252 e. The molecule has 0 saturated heterocycles. The van der Waals surface area contributed by atoms with E-state index in [4.69, 9.17) is 14.5 Å². The Morgan fingerprint density at radius 3 is 2.76 bits per heavy atom. The van der Waals surface area contributed by atoms with Crippen molar-refractivity contribution in [3.05, 3.63) is 47.3 Å². The molecule has 1 saturated carbocycles. The minimum Gasteiger partial charge on any atom is -0.486 e. The van der Waals surface area contributed by atoms with E-state index >= 15 is 0 Å². The quantitative estimate of drug-likeness (QED) is 0.718. The molecule has 2 aliphatic rings. The van der Waals surface area contributed by atoms with Gasteiger partial charge in [-0.3, -0.25) is 4.79 Å². The van der Waals surface area contributed by atoms with Crippen molar-refractivity contribution in [3.63, 3.8) is 0 Å². The summed E-state index contributed by atoms with van der Waals surface area (Å²) in [4.78, 5) is 17.9. The van der Waals surface area contributed by atoms with E-state index in [2.05, 4.69) is 24.3 Å². The Labute approximate surface area is 169 Å². The number of hydrogen-bond donors (Lipinski definition) is 1. The SMILES string of the molecule is CC(C)n1ncc2c(C(=O)NCc3ccc4c(c3)OCCO4)cc(C3CC3)nc21. The first kappa shape index (κ1) is 18.0. The maximum atomic E-state index is 13.1. The van der Waals surface area contributed by atoms with E-state index in [-0.39, 0.29) is 11.9 Å². The Hall–Kier alpha value is -3.09. The molecule has 1 aromatic carbocycles. The molecule has 0 spiro atoms. The molecule has 0 radical (unpaired) electrons. The van der Waals surface area contributed by atoms with Crippen LogP contribution in [0.2, 0.25) is 0 Å². The van der Waals surface area contributed by atoms with Crippen molar-refractivity contribution in [2.24, 2.45) is 0 Å². The largest absolute Gasteiger partial charge is 0.486 e. The molecule has 1 fully saturated rings. The number of amides is 1. The van der Waals surface area contributed by atoms with Gasteiger partial charge < -0.3 is 14.8 Å². The average Bonchev–Trinajstić information content (AvgIpc) is 3.49. The lowest BCUT2D eigenvalue weighted by atomic mass is 10.1. The van der Waals surface area contributed by atoms with E-state index < -0.39 is 0 Å². The number of pyridine rings is 1. The standard InChI is InChI=1S/C22H24N4O3/c1-13(2)26-21-17(12-24-26)16(10-18(25-21)15-4-5-15)22(27)23-11-14-3-6-19-20(9-14)29-8-7-28-19/h3,6,9-10,12-13,15H,4-5,7-8,11H2,1-2H3,(H,23,27). The molecule has 2 aromatic heterocycles. The first-order chi connectivity index (χ1) is 14.1. The third-order valence-corrected chi connectivity index (χ3v) is 5.38. The lowest BCUT2D eigenvalue weighted by molar-refractivity contribution is 0.0952. The number of rotatable bonds is 5. The third kappa shape index (κ3) is 3.41. The van der Waals surface area contributed by atoms with Crippen LogP contribution in [0.15, 0.2) is 30.5 Å². The topological polar surface area (TPSA) is 78.3 Å². The van der Waals surface area contributed by atoms with E-state index in [1.165, 1.54) is 0 Å². The number of aromatic nitrogens is 3. The highest BCUT2D eigenvalue weighted by Gasteiger charge is 2.28. The van der Waals surface area contributed by atoms with E-state index in [0.717, 1.165) is 46.6 Å². The Balaban J connectivity index is 1.42. The summed E-state index contributed by atoms with van der Waals surface area (Å²) in [6, 6.07) is 7.87. The van der Waals surface area contributed by atoms with Gasteiger partial charge in [0.1, 0.15) is 13.2 Å². The van der Waals surface area contributed by atoms with Gasteiger partial charge in [0.2, 0.25) is 0 Å². The van der Waals surface area contributed by atoms with Crippen LogP contribution in [0.25, 0.3) is 11.0 Å². The third-order valence-electron chi connectivity index (χ3n) is 5.38. The van der Waals surface area contributed by atoms with E-state index in [1.54, 1.807) is 6.20 Å². The summed E-state index contributed by atoms with van der Waals surface area (Å²) in [7, 11) is 0. The van der Waals surface area contributed by atoms with Crippen molar-refractivity contribution in [1.29, 1.82) is 0 Å².